The van der Waals surface area contributed by atoms with Gasteiger partial charge in [-0.25, -0.2) is 0 Å². The molecule has 2 fully saturated rings. The van der Waals surface area contributed by atoms with E-state index in [-0.39, 0.29) is 30.3 Å². The highest BCUT2D eigenvalue weighted by molar-refractivity contribution is 5.84. The summed E-state index contributed by atoms with van der Waals surface area (Å²) in [5.74, 6) is 0.252. The Balaban J connectivity index is 2.08. The lowest BCUT2D eigenvalue weighted by atomic mass is 10.1. The number of carbonyl (C=O) groups excluding carboxylic acids is 1. The average molecular weight is 240 g/mol. The van der Waals surface area contributed by atoms with E-state index in [9.17, 15) is 4.79 Å². The van der Waals surface area contributed by atoms with Crippen molar-refractivity contribution in [3.8, 4) is 0 Å². The van der Waals surface area contributed by atoms with E-state index in [1.165, 1.54) is 0 Å². The van der Waals surface area contributed by atoms with Gasteiger partial charge in [0.1, 0.15) is 0 Å². The lowest BCUT2D eigenvalue weighted by Crippen LogP contribution is -2.48. The Hall–Kier alpha value is -0.610. The number of carbonyl (C=O) groups is 1. The van der Waals surface area contributed by atoms with Gasteiger partial charge in [0.25, 0.3) is 0 Å². The van der Waals surface area contributed by atoms with Crippen molar-refractivity contribution in [2.24, 2.45) is 0 Å². The first-order valence-electron chi connectivity index (χ1n) is 6.88. The molecule has 0 bridgehead atoms. The summed E-state index contributed by atoms with van der Waals surface area (Å²) in [7, 11) is 0. The van der Waals surface area contributed by atoms with Gasteiger partial charge in [0.05, 0.1) is 24.4 Å². The minimum Gasteiger partial charge on any atom is -0.376 e. The monoisotopic (exact) mass is 240 g/mol. The topological polar surface area (TPSA) is 41.6 Å². The van der Waals surface area contributed by atoms with Crippen LogP contribution in [0.5, 0.6) is 0 Å². The Labute approximate surface area is 104 Å². The van der Waals surface area contributed by atoms with Crippen molar-refractivity contribution in [3.63, 3.8) is 0 Å². The van der Waals surface area contributed by atoms with Gasteiger partial charge in [-0.05, 0) is 32.6 Å². The Morgan fingerprint density at radius 2 is 2.24 bits per heavy atom. The van der Waals surface area contributed by atoms with Crippen molar-refractivity contribution in [2.45, 2.75) is 70.8 Å². The molecule has 0 aromatic heterocycles. The van der Waals surface area contributed by atoms with E-state index >= 15 is 0 Å². The van der Waals surface area contributed by atoms with E-state index in [0.29, 0.717) is 0 Å². The smallest absolute Gasteiger partial charge is 0.241 e. The molecule has 1 N–H and O–H groups in total. The Kier molecular flexibility index (Phi) is 4.05. The molecule has 0 spiro atoms. The third-order valence-electron chi connectivity index (χ3n) is 4.02. The first kappa shape index (κ1) is 12.8. The fourth-order valence-electron chi connectivity index (χ4n) is 2.97. The van der Waals surface area contributed by atoms with E-state index in [1.54, 1.807) is 0 Å². The lowest BCUT2D eigenvalue weighted by Gasteiger charge is -2.33. The second kappa shape index (κ2) is 5.36. The zero-order valence-electron chi connectivity index (χ0n) is 11.1. The molecule has 2 heterocycles. The van der Waals surface area contributed by atoms with Crippen LogP contribution < -0.4 is 5.32 Å². The van der Waals surface area contributed by atoms with Crippen LogP contribution in [0.1, 0.15) is 46.5 Å². The number of nitrogens with one attached hydrogen (secondary N) is 1. The van der Waals surface area contributed by atoms with Gasteiger partial charge in [0, 0.05) is 6.61 Å². The van der Waals surface area contributed by atoms with Crippen molar-refractivity contribution in [3.05, 3.63) is 0 Å². The summed E-state index contributed by atoms with van der Waals surface area (Å²) in [5, 5.41) is 3.42. The molecule has 4 nitrogen and oxygen atoms in total. The highest BCUT2D eigenvalue weighted by Crippen LogP contribution is 2.25. The van der Waals surface area contributed by atoms with Crippen LogP contribution in [0.15, 0.2) is 0 Å². The van der Waals surface area contributed by atoms with Crippen LogP contribution in [-0.2, 0) is 9.53 Å². The van der Waals surface area contributed by atoms with Crippen molar-refractivity contribution in [2.75, 3.05) is 6.61 Å². The predicted octanol–water partition coefficient (Wildman–Crippen LogP) is 1.50. The maximum absolute atomic E-state index is 12.3. The average Bonchev–Trinajstić information content (AvgIpc) is 2.95. The molecule has 1 amide bonds. The van der Waals surface area contributed by atoms with Crippen LogP contribution in [0.4, 0.5) is 0 Å². The lowest BCUT2D eigenvalue weighted by molar-refractivity contribution is -0.134. The quantitative estimate of drug-likeness (QED) is 0.809. The largest absolute Gasteiger partial charge is 0.376 e. The summed E-state index contributed by atoms with van der Waals surface area (Å²) in [6.45, 7) is 7.15. The molecule has 0 aliphatic carbocycles. The van der Waals surface area contributed by atoms with E-state index in [4.69, 9.17) is 4.74 Å². The summed E-state index contributed by atoms with van der Waals surface area (Å²) < 4.78 is 5.72. The third kappa shape index (κ3) is 2.33. The summed E-state index contributed by atoms with van der Waals surface area (Å²) in [4.78, 5) is 14.3. The molecule has 0 radical (unpaired) electrons. The summed E-state index contributed by atoms with van der Waals surface area (Å²) in [6.07, 6.45) is 4.44. The SMILES string of the molecule is CCC1NC(CC)N(C(C)C2CCCO2)C1=O. The Morgan fingerprint density at radius 1 is 1.47 bits per heavy atom. The van der Waals surface area contributed by atoms with Gasteiger partial charge >= 0.3 is 0 Å². The van der Waals surface area contributed by atoms with Gasteiger partial charge in [-0.15, -0.1) is 0 Å². The first-order valence-corrected chi connectivity index (χ1v) is 6.88. The van der Waals surface area contributed by atoms with Gasteiger partial charge in [-0.2, -0.15) is 0 Å². The van der Waals surface area contributed by atoms with Crippen LogP contribution in [0.2, 0.25) is 0 Å². The number of hydrogen-bond donors (Lipinski definition) is 1. The zero-order chi connectivity index (χ0) is 12.4. The molecular weight excluding hydrogens is 216 g/mol. The van der Waals surface area contributed by atoms with Crippen LogP contribution in [0.25, 0.3) is 0 Å². The maximum atomic E-state index is 12.3. The molecule has 98 valence electrons. The van der Waals surface area contributed by atoms with Gasteiger partial charge in [0.15, 0.2) is 0 Å². The van der Waals surface area contributed by atoms with Crippen molar-refractivity contribution in [1.29, 1.82) is 0 Å². The van der Waals surface area contributed by atoms with Gasteiger partial charge < -0.3 is 9.64 Å². The molecule has 0 aromatic rings. The standard InChI is InChI=1S/C13H24N2O2/c1-4-10-13(16)15(12(5-2)14-10)9(3)11-7-6-8-17-11/h9-12,14H,4-8H2,1-3H3. The number of ether oxygens (including phenoxy) is 1. The predicted molar refractivity (Wildman–Crippen MR) is 66.6 cm³/mol. The van der Waals surface area contributed by atoms with Gasteiger partial charge in [-0.3, -0.25) is 10.1 Å². The minimum atomic E-state index is 0.00352. The van der Waals surface area contributed by atoms with Crippen LogP contribution in [0, 0.1) is 0 Å². The summed E-state index contributed by atoms with van der Waals surface area (Å²) in [6, 6.07) is 0.197. The van der Waals surface area contributed by atoms with Crippen LogP contribution in [-0.4, -0.2) is 41.8 Å². The summed E-state index contributed by atoms with van der Waals surface area (Å²) >= 11 is 0. The summed E-state index contributed by atoms with van der Waals surface area (Å²) in [5.41, 5.74) is 0. The van der Waals surface area contributed by atoms with E-state index < -0.39 is 0 Å². The Bertz CT molecular complexity index is 277. The molecule has 0 aromatic carbocycles. The number of amides is 1. The molecule has 2 saturated heterocycles. The fourth-order valence-corrected chi connectivity index (χ4v) is 2.97. The molecular formula is C13H24N2O2. The molecule has 4 heteroatoms. The van der Waals surface area contributed by atoms with E-state index in [0.717, 1.165) is 32.3 Å². The zero-order valence-corrected chi connectivity index (χ0v) is 11.1. The van der Waals surface area contributed by atoms with Crippen LogP contribution >= 0.6 is 0 Å². The minimum absolute atomic E-state index is 0.00352. The molecule has 4 unspecified atom stereocenters. The van der Waals surface area contributed by atoms with Crippen LogP contribution in [0.3, 0.4) is 0 Å². The van der Waals surface area contributed by atoms with E-state index in [1.807, 2.05) is 4.90 Å². The number of rotatable bonds is 4. The normalized spacial score (nSPS) is 35.6. The highest BCUT2D eigenvalue weighted by Gasteiger charge is 2.42. The molecule has 0 saturated carbocycles. The Morgan fingerprint density at radius 3 is 2.76 bits per heavy atom. The highest BCUT2D eigenvalue weighted by atomic mass is 16.5. The third-order valence-corrected chi connectivity index (χ3v) is 4.02. The second-order valence-electron chi connectivity index (χ2n) is 5.09. The molecule has 4 atom stereocenters. The van der Waals surface area contributed by atoms with E-state index in [2.05, 4.69) is 26.1 Å². The molecule has 17 heavy (non-hydrogen) atoms. The first-order chi connectivity index (χ1) is 8.19. The van der Waals surface area contributed by atoms with Crippen molar-refractivity contribution in [1.82, 2.24) is 10.2 Å². The maximum Gasteiger partial charge on any atom is 0.241 e. The molecule has 2 rings (SSSR count). The van der Waals surface area contributed by atoms with Gasteiger partial charge in [-0.1, -0.05) is 13.8 Å². The number of hydrogen-bond acceptors (Lipinski definition) is 3. The molecule has 2 aliphatic rings. The fraction of sp³-hybridized carbons (Fsp3) is 0.923. The van der Waals surface area contributed by atoms with Crippen molar-refractivity contribution < 1.29 is 9.53 Å². The van der Waals surface area contributed by atoms with Gasteiger partial charge in [0.2, 0.25) is 5.91 Å². The molecule has 2 aliphatic heterocycles. The number of nitrogens with zero attached hydrogens (tertiary/aromatic N) is 1. The van der Waals surface area contributed by atoms with Crippen molar-refractivity contribution >= 4 is 5.91 Å². The second-order valence-corrected chi connectivity index (χ2v) is 5.09.